The molecule has 0 aliphatic heterocycles. The first-order valence-electron chi connectivity index (χ1n) is 25.5. The Hall–Kier alpha value is -6.82. The number of hydrogen-bond acceptors (Lipinski definition) is 12. The Morgan fingerprint density at radius 2 is 0.797 bits per heavy atom. The Morgan fingerprint density at radius 1 is 0.446 bits per heavy atom. The van der Waals surface area contributed by atoms with Crippen LogP contribution in [0.25, 0.3) is 12.2 Å². The van der Waals surface area contributed by atoms with Gasteiger partial charge in [0.15, 0.2) is 11.6 Å². The van der Waals surface area contributed by atoms with Gasteiger partial charge in [-0.15, -0.1) is 0 Å². The molecule has 0 spiro atoms. The smallest absolute Gasteiger partial charge is 0.316 e. The number of aryl methyl sites for hydroxylation is 1. The van der Waals surface area contributed by atoms with Gasteiger partial charge in [-0.05, 0) is 204 Å². The van der Waals surface area contributed by atoms with Crippen LogP contribution in [0.2, 0.25) is 0 Å². The van der Waals surface area contributed by atoms with Crippen molar-refractivity contribution in [1.29, 1.82) is 0 Å². The normalized spacial score (nSPS) is 12.0. The number of carbonyl (C=O) groups excluding carboxylic acids is 6. The topological polar surface area (TPSA) is 158 Å². The summed E-state index contributed by atoms with van der Waals surface area (Å²) in [5.74, 6) is 1.15. The molecule has 12 heteroatoms. The SMILES string of the molecule is CCCOc1cc(OC(=O)C(C)(C)C)c(C(C)C)cc1/C=C/C(=O)c1ccc(OC(=O)C(C)(C)C)cc1.CCCOc1cc(OC(=O)C(C)(C)C)c(CCC)cc1/C=C/C(=O)c1ccc(OC(=O)C(C)(C)C)cc1. The Balaban J connectivity index is 0.000000390. The summed E-state index contributed by atoms with van der Waals surface area (Å²) in [5, 5.41) is 0. The predicted octanol–water partition coefficient (Wildman–Crippen LogP) is 14.6. The Kier molecular flexibility index (Phi) is 22.4. The van der Waals surface area contributed by atoms with E-state index in [0.717, 1.165) is 41.5 Å². The second kappa shape index (κ2) is 26.9. The molecule has 0 saturated carbocycles. The van der Waals surface area contributed by atoms with Gasteiger partial charge in [-0.2, -0.15) is 0 Å². The number of esters is 4. The quantitative estimate of drug-likeness (QED) is 0.0379. The van der Waals surface area contributed by atoms with Crippen LogP contribution in [-0.2, 0) is 25.6 Å². The summed E-state index contributed by atoms with van der Waals surface area (Å²) in [6.07, 6.45) is 9.58. The fourth-order valence-corrected chi connectivity index (χ4v) is 6.18. The van der Waals surface area contributed by atoms with Crippen molar-refractivity contribution in [3.63, 3.8) is 0 Å². The van der Waals surface area contributed by atoms with Crippen LogP contribution in [0, 0.1) is 21.7 Å². The van der Waals surface area contributed by atoms with E-state index in [0.29, 0.717) is 65.3 Å². The van der Waals surface area contributed by atoms with E-state index in [1.807, 2.05) is 81.4 Å². The monoisotopic (exact) mass is 1020 g/mol. The molecule has 400 valence electrons. The van der Waals surface area contributed by atoms with Gasteiger partial charge in [0.2, 0.25) is 0 Å². The minimum Gasteiger partial charge on any atom is -0.493 e. The molecular formula is C62H80O12. The molecule has 4 rings (SSSR count). The second-order valence-corrected chi connectivity index (χ2v) is 22.5. The average Bonchev–Trinajstić information content (AvgIpc) is 3.31. The summed E-state index contributed by atoms with van der Waals surface area (Å²) in [6, 6.07) is 20.2. The van der Waals surface area contributed by atoms with Gasteiger partial charge >= 0.3 is 23.9 Å². The molecule has 0 saturated heterocycles. The van der Waals surface area contributed by atoms with Crippen molar-refractivity contribution in [1.82, 2.24) is 0 Å². The maximum Gasteiger partial charge on any atom is 0.316 e. The zero-order valence-corrected chi connectivity index (χ0v) is 47.0. The third-order valence-electron chi connectivity index (χ3n) is 10.8. The van der Waals surface area contributed by atoms with Crippen LogP contribution in [0.5, 0.6) is 34.5 Å². The van der Waals surface area contributed by atoms with E-state index < -0.39 is 21.7 Å². The van der Waals surface area contributed by atoms with Crippen LogP contribution >= 0.6 is 0 Å². The minimum absolute atomic E-state index is 0.0780. The van der Waals surface area contributed by atoms with Crippen molar-refractivity contribution < 1.29 is 57.2 Å². The van der Waals surface area contributed by atoms with E-state index in [1.165, 1.54) is 12.2 Å². The number of carbonyl (C=O) groups is 6. The highest BCUT2D eigenvalue weighted by molar-refractivity contribution is 6.07. The molecule has 0 radical (unpaired) electrons. The standard InChI is InChI=1S/2C31H40O6/c1-10-17-35-26-19-27(37-29(34)31(7,8)9)24(20(2)3)18-22(26)13-16-25(32)21-11-14-23(15-12-21)36-28(33)30(4,5)6;1-9-11-22-19-23(26(35-18-10-2)20-27(22)37-29(34)31(6,7)8)14-17-25(32)21-12-15-24(16-13-21)36-28(33)30(3,4)5/h11-16,18-20H,10,17H2,1-9H3;12-17,19-20H,9-11,18H2,1-8H3/b16-13+;17-14+. The summed E-state index contributed by atoms with van der Waals surface area (Å²) >= 11 is 0. The fourth-order valence-electron chi connectivity index (χ4n) is 6.18. The molecular weight excluding hydrogens is 937 g/mol. The van der Waals surface area contributed by atoms with Crippen LogP contribution in [0.1, 0.15) is 186 Å². The van der Waals surface area contributed by atoms with Gasteiger partial charge in [-0.25, -0.2) is 0 Å². The lowest BCUT2D eigenvalue weighted by atomic mass is 9.96. The summed E-state index contributed by atoms with van der Waals surface area (Å²) in [5.41, 5.74) is 1.57. The van der Waals surface area contributed by atoms with Crippen LogP contribution in [0.15, 0.2) is 84.9 Å². The van der Waals surface area contributed by atoms with Gasteiger partial charge in [-0.1, -0.05) is 41.0 Å². The van der Waals surface area contributed by atoms with E-state index in [-0.39, 0.29) is 41.4 Å². The van der Waals surface area contributed by atoms with Gasteiger partial charge in [0.05, 0.1) is 34.9 Å². The van der Waals surface area contributed by atoms with E-state index in [2.05, 4.69) is 6.92 Å². The van der Waals surface area contributed by atoms with Crippen molar-refractivity contribution in [3.8, 4) is 34.5 Å². The molecule has 12 nitrogen and oxygen atoms in total. The largest absolute Gasteiger partial charge is 0.493 e. The maximum atomic E-state index is 12.9. The van der Waals surface area contributed by atoms with E-state index in [4.69, 9.17) is 28.4 Å². The Bertz CT molecular complexity index is 2640. The van der Waals surface area contributed by atoms with Gasteiger partial charge < -0.3 is 28.4 Å². The highest BCUT2D eigenvalue weighted by Crippen LogP contribution is 2.37. The summed E-state index contributed by atoms with van der Waals surface area (Å²) in [4.78, 5) is 75.0. The van der Waals surface area contributed by atoms with Gasteiger partial charge in [0, 0.05) is 34.4 Å². The van der Waals surface area contributed by atoms with Gasteiger partial charge in [0.25, 0.3) is 0 Å². The summed E-state index contributed by atoms with van der Waals surface area (Å²) < 4.78 is 34.1. The third kappa shape index (κ3) is 19.2. The second-order valence-electron chi connectivity index (χ2n) is 22.5. The number of ketones is 2. The molecule has 0 fully saturated rings. The first-order chi connectivity index (χ1) is 34.4. The van der Waals surface area contributed by atoms with Crippen molar-refractivity contribution >= 4 is 47.6 Å². The molecule has 4 aromatic rings. The zero-order chi connectivity index (χ0) is 55.8. The molecule has 0 N–H and O–H groups in total. The molecule has 0 aliphatic rings. The number of ether oxygens (including phenoxy) is 6. The van der Waals surface area contributed by atoms with Crippen LogP contribution in [0.3, 0.4) is 0 Å². The number of hydrogen-bond donors (Lipinski definition) is 0. The third-order valence-corrected chi connectivity index (χ3v) is 10.8. The van der Waals surface area contributed by atoms with Crippen LogP contribution in [0.4, 0.5) is 0 Å². The summed E-state index contributed by atoms with van der Waals surface area (Å²) in [7, 11) is 0. The average molecular weight is 1020 g/mol. The van der Waals surface area contributed by atoms with Crippen molar-refractivity contribution in [2.45, 2.75) is 149 Å². The van der Waals surface area contributed by atoms with Crippen LogP contribution < -0.4 is 28.4 Å². The number of benzene rings is 4. The molecule has 74 heavy (non-hydrogen) atoms. The van der Waals surface area contributed by atoms with Gasteiger partial charge in [-0.3, -0.25) is 28.8 Å². The number of rotatable bonds is 19. The van der Waals surface area contributed by atoms with Crippen LogP contribution in [-0.4, -0.2) is 48.7 Å². The lowest BCUT2D eigenvalue weighted by molar-refractivity contribution is -0.143. The molecule has 4 aromatic carbocycles. The maximum absolute atomic E-state index is 12.9. The Morgan fingerprint density at radius 3 is 1.15 bits per heavy atom. The highest BCUT2D eigenvalue weighted by atomic mass is 16.6. The van der Waals surface area contributed by atoms with Crippen molar-refractivity contribution in [3.05, 3.63) is 118 Å². The predicted molar refractivity (Wildman–Crippen MR) is 293 cm³/mol. The zero-order valence-electron chi connectivity index (χ0n) is 47.0. The number of allylic oxidation sites excluding steroid dienone is 2. The molecule has 0 aliphatic carbocycles. The van der Waals surface area contributed by atoms with Crippen molar-refractivity contribution in [2.24, 2.45) is 21.7 Å². The Labute approximate surface area is 440 Å². The highest BCUT2D eigenvalue weighted by Gasteiger charge is 2.28. The minimum atomic E-state index is -0.649. The molecule has 0 amide bonds. The van der Waals surface area contributed by atoms with Gasteiger partial charge in [0.1, 0.15) is 34.5 Å². The molecule has 0 aromatic heterocycles. The molecule has 0 heterocycles. The van der Waals surface area contributed by atoms with E-state index in [1.54, 1.807) is 114 Å². The first-order valence-corrected chi connectivity index (χ1v) is 25.5. The molecule has 0 bridgehead atoms. The fraction of sp³-hybridized carbons (Fsp3) is 0.452. The van der Waals surface area contributed by atoms with E-state index in [9.17, 15) is 28.8 Å². The summed E-state index contributed by atoms with van der Waals surface area (Å²) in [6.45, 7) is 32.6. The van der Waals surface area contributed by atoms with E-state index >= 15 is 0 Å². The molecule has 0 unspecified atom stereocenters. The lowest BCUT2D eigenvalue weighted by Crippen LogP contribution is -2.26. The lowest BCUT2D eigenvalue weighted by Gasteiger charge is -2.21. The van der Waals surface area contributed by atoms with Crippen molar-refractivity contribution in [2.75, 3.05) is 13.2 Å². The first kappa shape index (κ1) is 61.5. The molecule has 0 atom stereocenters.